The van der Waals surface area contributed by atoms with Crippen LogP contribution in [0.15, 0.2) is 97.2 Å². The Labute approximate surface area is 451 Å². The zero-order valence-corrected chi connectivity index (χ0v) is 47.9. The Kier molecular flexibility index (Phi) is 57.8. The first-order chi connectivity index (χ1) is 36.0. The van der Waals surface area contributed by atoms with Crippen LogP contribution in [0.4, 0.5) is 0 Å². The van der Waals surface area contributed by atoms with Crippen molar-refractivity contribution in [1.29, 1.82) is 0 Å². The lowest BCUT2D eigenvalue weighted by Gasteiger charge is -2.18. The third-order valence-electron chi connectivity index (χ3n) is 13.1. The van der Waals surface area contributed by atoms with Crippen molar-refractivity contribution in [3.8, 4) is 0 Å². The zero-order chi connectivity index (χ0) is 52.9. The molecule has 0 aliphatic rings. The highest BCUT2D eigenvalue weighted by Crippen LogP contribution is 2.15. The molecule has 0 radical (unpaired) electrons. The van der Waals surface area contributed by atoms with Crippen molar-refractivity contribution in [3.05, 3.63) is 97.2 Å². The molecule has 0 rings (SSSR count). The lowest BCUT2D eigenvalue weighted by atomic mass is 10.1. The number of rotatable bonds is 55. The van der Waals surface area contributed by atoms with Gasteiger partial charge in [-0.2, -0.15) is 0 Å². The maximum atomic E-state index is 12.8. The first kappa shape index (κ1) is 69.3. The first-order valence-electron chi connectivity index (χ1n) is 30.7. The standard InChI is InChI=1S/C67H114O6/c1-4-7-10-13-16-18-20-22-24-26-27-28-29-30-31-32-33-34-35-36-37-38-39-41-42-44-46-48-51-54-57-60-66(69)72-63-64(62-71-65(68)59-56-53-50-15-12-9-6-3)73-67(70)61-58-55-52-49-47-45-43-40-25-23-21-19-17-14-11-8-5-2/h7,10,16,18,22-25,27-28,30-31,33-34,36-37,64H,4-6,8-9,11-15,17,19-21,26,29,32,35,38-63H2,1-3H3/b10-7-,18-16-,24-22-,25-23-,28-27-,31-30-,34-33-,37-36-. The molecule has 0 spiro atoms. The Morgan fingerprint density at radius 3 is 0.849 bits per heavy atom. The molecule has 6 nitrogen and oxygen atoms in total. The summed E-state index contributed by atoms with van der Waals surface area (Å²) in [6, 6.07) is 0. The van der Waals surface area contributed by atoms with E-state index >= 15 is 0 Å². The summed E-state index contributed by atoms with van der Waals surface area (Å²) in [7, 11) is 0. The zero-order valence-electron chi connectivity index (χ0n) is 47.9. The lowest BCUT2D eigenvalue weighted by molar-refractivity contribution is -0.167. The van der Waals surface area contributed by atoms with Crippen molar-refractivity contribution in [2.45, 2.75) is 297 Å². The van der Waals surface area contributed by atoms with Gasteiger partial charge in [0.2, 0.25) is 0 Å². The van der Waals surface area contributed by atoms with Gasteiger partial charge in [-0.15, -0.1) is 0 Å². The van der Waals surface area contributed by atoms with Gasteiger partial charge < -0.3 is 14.2 Å². The highest BCUT2D eigenvalue weighted by atomic mass is 16.6. The minimum absolute atomic E-state index is 0.0790. The molecule has 0 aliphatic carbocycles. The van der Waals surface area contributed by atoms with Gasteiger partial charge in [-0.25, -0.2) is 0 Å². The number of hydrogen-bond donors (Lipinski definition) is 0. The summed E-state index contributed by atoms with van der Waals surface area (Å²) in [5.74, 6) is -0.891. The van der Waals surface area contributed by atoms with Crippen LogP contribution in [-0.2, 0) is 28.6 Å². The summed E-state index contributed by atoms with van der Waals surface area (Å²) in [5.41, 5.74) is 0. The van der Waals surface area contributed by atoms with E-state index in [-0.39, 0.29) is 31.1 Å². The van der Waals surface area contributed by atoms with Crippen LogP contribution >= 0.6 is 0 Å². The second-order valence-electron chi connectivity index (χ2n) is 20.2. The number of ether oxygens (including phenoxy) is 3. The number of carbonyl (C=O) groups is 3. The molecule has 1 atom stereocenters. The highest BCUT2D eigenvalue weighted by molar-refractivity contribution is 5.71. The quantitative estimate of drug-likeness (QED) is 0.0261. The lowest BCUT2D eigenvalue weighted by Crippen LogP contribution is -2.30. The maximum Gasteiger partial charge on any atom is 0.306 e. The number of hydrogen-bond acceptors (Lipinski definition) is 6. The van der Waals surface area contributed by atoms with E-state index in [0.29, 0.717) is 19.3 Å². The second kappa shape index (κ2) is 60.9. The summed E-state index contributed by atoms with van der Waals surface area (Å²) in [5, 5.41) is 0. The molecule has 73 heavy (non-hydrogen) atoms. The Morgan fingerprint density at radius 1 is 0.288 bits per heavy atom. The van der Waals surface area contributed by atoms with Crippen LogP contribution in [0.2, 0.25) is 0 Å². The van der Waals surface area contributed by atoms with Crippen LogP contribution in [0.1, 0.15) is 290 Å². The van der Waals surface area contributed by atoms with Crippen LogP contribution in [0.3, 0.4) is 0 Å². The Bertz CT molecular complexity index is 1440. The molecule has 0 aliphatic heterocycles. The maximum absolute atomic E-state index is 12.8. The van der Waals surface area contributed by atoms with Gasteiger partial charge in [0.1, 0.15) is 13.2 Å². The predicted octanol–water partition coefficient (Wildman–Crippen LogP) is 20.9. The van der Waals surface area contributed by atoms with Gasteiger partial charge in [0.05, 0.1) is 0 Å². The number of carbonyl (C=O) groups excluding carboxylic acids is 3. The van der Waals surface area contributed by atoms with E-state index in [2.05, 4.69) is 118 Å². The second-order valence-corrected chi connectivity index (χ2v) is 20.2. The molecular weight excluding hydrogens is 901 g/mol. The van der Waals surface area contributed by atoms with Crippen LogP contribution < -0.4 is 0 Å². The van der Waals surface area contributed by atoms with Crippen LogP contribution in [0.25, 0.3) is 0 Å². The topological polar surface area (TPSA) is 78.9 Å². The summed E-state index contributed by atoms with van der Waals surface area (Å²) in [6.45, 7) is 6.48. The van der Waals surface area contributed by atoms with Crippen LogP contribution in [0, 0.1) is 0 Å². The SMILES string of the molecule is CC/C=C\C/C=C\C/C=C\C/C=C\C/C=C\C/C=C\C/C=C\CCCCCCCCCCCC(=O)OCC(COC(=O)CCCCCCCCC)OC(=O)CCCCCCCCC/C=C\CCCCCCCC. The smallest absolute Gasteiger partial charge is 0.306 e. The van der Waals surface area contributed by atoms with Crippen molar-refractivity contribution in [2.75, 3.05) is 13.2 Å². The molecule has 0 saturated carbocycles. The molecule has 0 N–H and O–H groups in total. The molecule has 0 aromatic rings. The number of unbranched alkanes of at least 4 members (excludes halogenated alkanes) is 28. The third kappa shape index (κ3) is 59.1. The molecule has 0 heterocycles. The molecule has 6 heteroatoms. The normalized spacial score (nSPS) is 12.8. The molecule has 0 bridgehead atoms. The van der Waals surface area contributed by atoms with Gasteiger partial charge in [-0.1, -0.05) is 266 Å². The fourth-order valence-electron chi connectivity index (χ4n) is 8.48. The van der Waals surface area contributed by atoms with E-state index < -0.39 is 6.10 Å². The van der Waals surface area contributed by atoms with Crippen LogP contribution in [-0.4, -0.2) is 37.2 Å². The van der Waals surface area contributed by atoms with Gasteiger partial charge in [0, 0.05) is 19.3 Å². The average Bonchev–Trinajstić information content (AvgIpc) is 3.39. The fourth-order valence-corrected chi connectivity index (χ4v) is 8.48. The molecular formula is C67H114O6. The van der Waals surface area contributed by atoms with Crippen molar-refractivity contribution in [1.82, 2.24) is 0 Å². The van der Waals surface area contributed by atoms with Gasteiger partial charge in [-0.05, 0) is 103 Å². The number of esters is 3. The van der Waals surface area contributed by atoms with Gasteiger partial charge in [-0.3, -0.25) is 14.4 Å². The van der Waals surface area contributed by atoms with Gasteiger partial charge >= 0.3 is 17.9 Å². The Hall–Kier alpha value is -3.67. The van der Waals surface area contributed by atoms with Crippen LogP contribution in [0.5, 0.6) is 0 Å². The average molecular weight is 1020 g/mol. The van der Waals surface area contributed by atoms with Crippen molar-refractivity contribution in [3.63, 3.8) is 0 Å². The molecule has 0 aromatic carbocycles. The summed E-state index contributed by atoms with van der Waals surface area (Å²) in [6.07, 6.45) is 81.4. The molecule has 418 valence electrons. The van der Waals surface area contributed by atoms with Crippen molar-refractivity contribution in [2.24, 2.45) is 0 Å². The van der Waals surface area contributed by atoms with E-state index in [1.807, 2.05) is 0 Å². The predicted molar refractivity (Wildman–Crippen MR) is 316 cm³/mol. The third-order valence-corrected chi connectivity index (χ3v) is 13.1. The van der Waals surface area contributed by atoms with Crippen molar-refractivity contribution < 1.29 is 28.6 Å². The van der Waals surface area contributed by atoms with E-state index in [1.54, 1.807) is 0 Å². The van der Waals surface area contributed by atoms with Gasteiger partial charge in [0.25, 0.3) is 0 Å². The minimum atomic E-state index is -0.779. The monoisotopic (exact) mass is 1010 g/mol. The van der Waals surface area contributed by atoms with E-state index in [9.17, 15) is 14.4 Å². The van der Waals surface area contributed by atoms with E-state index in [4.69, 9.17) is 14.2 Å². The summed E-state index contributed by atoms with van der Waals surface area (Å²) >= 11 is 0. The van der Waals surface area contributed by atoms with E-state index in [1.165, 1.54) is 141 Å². The van der Waals surface area contributed by atoms with Gasteiger partial charge in [0.15, 0.2) is 6.10 Å². The first-order valence-corrected chi connectivity index (χ1v) is 30.7. The van der Waals surface area contributed by atoms with Crippen molar-refractivity contribution >= 4 is 17.9 Å². The largest absolute Gasteiger partial charge is 0.462 e. The molecule has 0 fully saturated rings. The Balaban J connectivity index is 4.14. The molecule has 1 unspecified atom stereocenters. The Morgan fingerprint density at radius 2 is 0.534 bits per heavy atom. The molecule has 0 aromatic heterocycles. The fraction of sp³-hybridized carbons (Fsp3) is 0.716. The highest BCUT2D eigenvalue weighted by Gasteiger charge is 2.19. The molecule has 0 amide bonds. The summed E-state index contributed by atoms with van der Waals surface area (Å²) in [4.78, 5) is 38.0. The summed E-state index contributed by atoms with van der Waals surface area (Å²) < 4.78 is 16.8. The van der Waals surface area contributed by atoms with E-state index in [0.717, 1.165) is 109 Å². The minimum Gasteiger partial charge on any atom is -0.462 e. The number of allylic oxidation sites excluding steroid dienone is 16. The molecule has 0 saturated heterocycles.